The lowest BCUT2D eigenvalue weighted by Gasteiger charge is -1.92. The Morgan fingerprint density at radius 2 is 1.64 bits per heavy atom. The zero-order valence-electron chi connectivity index (χ0n) is 9.02. The van der Waals surface area contributed by atoms with Crippen LogP contribution in [0.1, 0.15) is 5.56 Å². The van der Waals surface area contributed by atoms with E-state index in [-0.39, 0.29) is 10.6 Å². The van der Waals surface area contributed by atoms with Gasteiger partial charge in [0.1, 0.15) is 0 Å². The van der Waals surface area contributed by atoms with E-state index in [0.717, 1.165) is 0 Å². The lowest BCUT2D eigenvalue weighted by molar-refractivity contribution is -0.385. The van der Waals surface area contributed by atoms with Gasteiger partial charge in [0, 0.05) is 11.6 Å². The third-order valence-corrected chi connectivity index (χ3v) is 1.31. The maximum absolute atomic E-state index is 10.2. The molecule has 0 aliphatic carbocycles. The van der Waals surface area contributed by atoms with Crippen LogP contribution in [0.25, 0.3) is 0 Å². The fourth-order valence-electron chi connectivity index (χ4n) is 0.768. The first-order chi connectivity index (χ1) is 6.45. The third-order valence-electron chi connectivity index (χ3n) is 1.31. The number of rotatable bonds is 1. The Labute approximate surface area is 84.3 Å². The van der Waals surface area contributed by atoms with Crippen molar-refractivity contribution in [2.45, 2.75) is 6.92 Å². The van der Waals surface area contributed by atoms with Crippen LogP contribution < -0.4 is 0 Å². The molecule has 0 aliphatic rings. The zero-order valence-corrected chi connectivity index (χ0v) is 9.02. The SMILES string of the molecule is CN(C)C.Cc1ccccc1[N+](=O)[O-]. The van der Waals surface area contributed by atoms with Gasteiger partial charge in [-0.2, -0.15) is 0 Å². The number of aryl methyl sites for hydroxylation is 1. The first-order valence-electron chi connectivity index (χ1n) is 4.26. The average molecular weight is 196 g/mol. The topological polar surface area (TPSA) is 46.4 Å². The van der Waals surface area contributed by atoms with Crippen LogP contribution in [0.3, 0.4) is 0 Å². The highest BCUT2D eigenvalue weighted by atomic mass is 16.6. The van der Waals surface area contributed by atoms with Crippen molar-refractivity contribution in [2.24, 2.45) is 0 Å². The number of hydrogen-bond donors (Lipinski definition) is 0. The second-order valence-corrected chi connectivity index (χ2v) is 3.39. The van der Waals surface area contributed by atoms with Crippen LogP contribution in [-0.2, 0) is 0 Å². The minimum Gasteiger partial charge on any atom is -0.312 e. The standard InChI is InChI=1S/C7H7NO2.C3H9N/c1-6-4-2-3-5-7(6)8(9)10;1-4(2)3/h2-5H,1H3;1-3H3. The number of para-hydroxylation sites is 1. The van der Waals surface area contributed by atoms with Crippen LogP contribution in [0.2, 0.25) is 0 Å². The van der Waals surface area contributed by atoms with Gasteiger partial charge in [-0.05, 0) is 28.1 Å². The summed E-state index contributed by atoms with van der Waals surface area (Å²) in [6.45, 7) is 1.72. The molecule has 4 heteroatoms. The van der Waals surface area contributed by atoms with Crippen molar-refractivity contribution >= 4 is 5.69 Å². The van der Waals surface area contributed by atoms with Crippen LogP contribution in [0.5, 0.6) is 0 Å². The maximum Gasteiger partial charge on any atom is 0.272 e. The smallest absolute Gasteiger partial charge is 0.272 e. The van der Waals surface area contributed by atoms with E-state index in [4.69, 9.17) is 0 Å². The summed E-state index contributed by atoms with van der Waals surface area (Å²) in [5.74, 6) is 0. The van der Waals surface area contributed by atoms with E-state index in [1.54, 1.807) is 25.1 Å². The molecule has 0 saturated heterocycles. The second kappa shape index (κ2) is 6.10. The molecule has 1 aromatic rings. The van der Waals surface area contributed by atoms with Crippen LogP contribution in [0.15, 0.2) is 24.3 Å². The Balaban J connectivity index is 0.000000364. The van der Waals surface area contributed by atoms with Gasteiger partial charge < -0.3 is 4.90 Å². The molecule has 1 rings (SSSR count). The monoisotopic (exact) mass is 196 g/mol. The highest BCUT2D eigenvalue weighted by Crippen LogP contribution is 2.14. The molecule has 4 nitrogen and oxygen atoms in total. The van der Waals surface area contributed by atoms with Crippen molar-refractivity contribution in [3.63, 3.8) is 0 Å². The maximum atomic E-state index is 10.2. The Kier molecular flexibility index (Phi) is 5.48. The minimum absolute atomic E-state index is 0.183. The molecular weight excluding hydrogens is 180 g/mol. The molecule has 0 amide bonds. The second-order valence-electron chi connectivity index (χ2n) is 3.39. The molecule has 0 fully saturated rings. The molecular formula is C10H16N2O2. The van der Waals surface area contributed by atoms with Crippen LogP contribution in [0.4, 0.5) is 5.69 Å². The van der Waals surface area contributed by atoms with Gasteiger partial charge in [-0.3, -0.25) is 10.1 Å². The predicted octanol–water partition coefficient (Wildman–Crippen LogP) is 2.08. The molecule has 78 valence electrons. The van der Waals surface area contributed by atoms with Gasteiger partial charge in [0.25, 0.3) is 5.69 Å². The normalized spacial score (nSPS) is 9.21. The summed E-state index contributed by atoms with van der Waals surface area (Å²) in [4.78, 5) is 11.8. The number of benzene rings is 1. The molecule has 0 aliphatic heterocycles. The van der Waals surface area contributed by atoms with Crippen LogP contribution in [0, 0.1) is 17.0 Å². The summed E-state index contributed by atoms with van der Waals surface area (Å²) >= 11 is 0. The highest BCUT2D eigenvalue weighted by Gasteiger charge is 2.05. The summed E-state index contributed by atoms with van der Waals surface area (Å²) in [5, 5.41) is 10.2. The molecule has 1 aromatic carbocycles. The largest absolute Gasteiger partial charge is 0.312 e. The summed E-state index contributed by atoms with van der Waals surface area (Å²) in [6.07, 6.45) is 0. The van der Waals surface area contributed by atoms with Gasteiger partial charge >= 0.3 is 0 Å². The third kappa shape index (κ3) is 5.27. The quantitative estimate of drug-likeness (QED) is 0.510. The van der Waals surface area contributed by atoms with Gasteiger partial charge in [0.2, 0.25) is 0 Å². The average Bonchev–Trinajstić information content (AvgIpc) is 2.03. The van der Waals surface area contributed by atoms with Crippen molar-refractivity contribution in [1.82, 2.24) is 4.90 Å². The number of hydrogen-bond acceptors (Lipinski definition) is 3. The van der Waals surface area contributed by atoms with Crippen molar-refractivity contribution in [3.8, 4) is 0 Å². The van der Waals surface area contributed by atoms with Gasteiger partial charge in [-0.25, -0.2) is 0 Å². The van der Waals surface area contributed by atoms with E-state index in [0.29, 0.717) is 5.56 Å². The lowest BCUT2D eigenvalue weighted by Crippen LogP contribution is -1.99. The van der Waals surface area contributed by atoms with E-state index in [2.05, 4.69) is 0 Å². The molecule has 14 heavy (non-hydrogen) atoms. The summed E-state index contributed by atoms with van der Waals surface area (Å²) < 4.78 is 0. The molecule has 0 unspecified atom stereocenters. The molecule has 0 heterocycles. The molecule has 0 aromatic heterocycles. The number of nitro benzene ring substituents is 1. The Hall–Kier alpha value is -1.42. The van der Waals surface area contributed by atoms with Crippen molar-refractivity contribution in [2.75, 3.05) is 21.1 Å². The lowest BCUT2D eigenvalue weighted by atomic mass is 10.2. The van der Waals surface area contributed by atoms with Gasteiger partial charge in [-0.1, -0.05) is 18.2 Å². The number of nitrogens with zero attached hydrogens (tertiary/aromatic N) is 2. The Bertz CT molecular complexity index is 295. The molecule has 0 bridgehead atoms. The number of nitro groups is 1. The molecule has 0 atom stereocenters. The van der Waals surface area contributed by atoms with Gasteiger partial charge in [-0.15, -0.1) is 0 Å². The van der Waals surface area contributed by atoms with E-state index in [1.165, 1.54) is 6.07 Å². The Morgan fingerprint density at radius 3 is 1.93 bits per heavy atom. The Morgan fingerprint density at radius 1 is 1.21 bits per heavy atom. The first kappa shape index (κ1) is 12.6. The van der Waals surface area contributed by atoms with Crippen molar-refractivity contribution in [3.05, 3.63) is 39.9 Å². The fourth-order valence-corrected chi connectivity index (χ4v) is 0.768. The van der Waals surface area contributed by atoms with Crippen LogP contribution in [-0.4, -0.2) is 31.0 Å². The summed E-state index contributed by atoms with van der Waals surface area (Å²) in [6, 6.07) is 6.65. The van der Waals surface area contributed by atoms with E-state index in [1.807, 2.05) is 26.0 Å². The molecule has 0 radical (unpaired) electrons. The summed E-state index contributed by atoms with van der Waals surface area (Å²) in [7, 11) is 6.00. The van der Waals surface area contributed by atoms with Crippen LogP contribution >= 0.6 is 0 Å². The van der Waals surface area contributed by atoms with Crippen molar-refractivity contribution < 1.29 is 4.92 Å². The molecule has 0 saturated carbocycles. The van der Waals surface area contributed by atoms with E-state index >= 15 is 0 Å². The zero-order chi connectivity index (χ0) is 11.1. The fraction of sp³-hybridized carbons (Fsp3) is 0.400. The minimum atomic E-state index is -0.380. The van der Waals surface area contributed by atoms with Gasteiger partial charge in [0.15, 0.2) is 0 Å². The summed E-state index contributed by atoms with van der Waals surface area (Å²) in [5.41, 5.74) is 0.884. The van der Waals surface area contributed by atoms with Crippen molar-refractivity contribution in [1.29, 1.82) is 0 Å². The molecule has 0 N–H and O–H groups in total. The first-order valence-corrected chi connectivity index (χ1v) is 4.26. The van der Waals surface area contributed by atoms with Gasteiger partial charge in [0.05, 0.1) is 4.92 Å². The molecule has 0 spiro atoms. The highest BCUT2D eigenvalue weighted by molar-refractivity contribution is 5.38. The predicted molar refractivity (Wildman–Crippen MR) is 57.4 cm³/mol. The van der Waals surface area contributed by atoms with E-state index < -0.39 is 0 Å². The van der Waals surface area contributed by atoms with E-state index in [9.17, 15) is 10.1 Å².